The van der Waals surface area contributed by atoms with E-state index in [0.717, 1.165) is 52.3 Å². The molecule has 0 N–H and O–H groups in total. The van der Waals surface area contributed by atoms with Crippen molar-refractivity contribution in [3.8, 4) is 5.75 Å². The van der Waals surface area contributed by atoms with Crippen LogP contribution in [0, 0.1) is 10.1 Å². The molecular formula is C29H29N3O4S. The minimum atomic E-state index is -0.378. The van der Waals surface area contributed by atoms with Crippen molar-refractivity contribution in [2.45, 2.75) is 26.0 Å². The van der Waals surface area contributed by atoms with Crippen LogP contribution in [0.3, 0.4) is 0 Å². The number of benzene rings is 3. The van der Waals surface area contributed by atoms with Gasteiger partial charge in [0.05, 0.1) is 10.5 Å². The first-order valence-corrected chi connectivity index (χ1v) is 13.2. The molecule has 1 aliphatic heterocycles. The Morgan fingerprint density at radius 3 is 2.51 bits per heavy atom. The van der Waals surface area contributed by atoms with Crippen molar-refractivity contribution in [2.75, 3.05) is 32.1 Å². The van der Waals surface area contributed by atoms with Gasteiger partial charge in [0.1, 0.15) is 17.4 Å². The Hall–Kier alpha value is -3.75. The Labute approximate surface area is 220 Å². The first kappa shape index (κ1) is 24.9. The van der Waals surface area contributed by atoms with E-state index in [9.17, 15) is 14.9 Å². The third-order valence-corrected chi connectivity index (χ3v) is 7.98. The molecule has 0 amide bonds. The number of carbonyl (C=O) groups is 1. The summed E-state index contributed by atoms with van der Waals surface area (Å²) in [5.74, 6) is 0.507. The number of hydrogen-bond acceptors (Lipinski definition) is 7. The molecule has 0 bridgehead atoms. The lowest BCUT2D eigenvalue weighted by Gasteiger charge is -2.15. The summed E-state index contributed by atoms with van der Waals surface area (Å²) in [5, 5.41) is 13.5. The Morgan fingerprint density at radius 1 is 1.05 bits per heavy atom. The van der Waals surface area contributed by atoms with Crippen molar-refractivity contribution in [2.24, 2.45) is 0 Å². The maximum Gasteiger partial charge on any atom is 0.274 e. The minimum absolute atomic E-state index is 0.000265. The Balaban J connectivity index is 1.46. The van der Waals surface area contributed by atoms with Gasteiger partial charge in [-0.2, -0.15) is 0 Å². The third kappa shape index (κ3) is 5.35. The summed E-state index contributed by atoms with van der Waals surface area (Å²) in [6.07, 6.45) is 2.23. The van der Waals surface area contributed by atoms with Crippen molar-refractivity contribution in [3.63, 3.8) is 0 Å². The molecule has 0 unspecified atom stereocenters. The van der Waals surface area contributed by atoms with E-state index >= 15 is 0 Å². The second-order valence-corrected chi connectivity index (χ2v) is 10.6. The van der Waals surface area contributed by atoms with Gasteiger partial charge in [0.2, 0.25) is 0 Å². The predicted molar refractivity (Wildman–Crippen MR) is 148 cm³/mol. The highest BCUT2D eigenvalue weighted by molar-refractivity contribution is 7.23. The summed E-state index contributed by atoms with van der Waals surface area (Å²) < 4.78 is 6.92. The summed E-state index contributed by atoms with van der Waals surface area (Å²) in [4.78, 5) is 29.4. The molecule has 0 spiro atoms. The highest BCUT2D eigenvalue weighted by Gasteiger charge is 2.26. The molecule has 4 aromatic rings. The van der Waals surface area contributed by atoms with Crippen molar-refractivity contribution >= 4 is 37.9 Å². The van der Waals surface area contributed by atoms with Crippen LogP contribution in [0.2, 0.25) is 0 Å². The smallest absolute Gasteiger partial charge is 0.274 e. The first-order valence-electron chi connectivity index (χ1n) is 12.4. The highest BCUT2D eigenvalue weighted by Crippen LogP contribution is 2.40. The van der Waals surface area contributed by atoms with Gasteiger partial charge in [0.25, 0.3) is 5.69 Å². The second kappa shape index (κ2) is 10.7. The van der Waals surface area contributed by atoms with E-state index in [4.69, 9.17) is 4.74 Å². The van der Waals surface area contributed by atoms with Crippen LogP contribution in [0.15, 0.2) is 66.7 Å². The third-order valence-electron chi connectivity index (χ3n) is 6.66. The molecular weight excluding hydrogens is 486 g/mol. The maximum absolute atomic E-state index is 13.8. The molecule has 1 aromatic heterocycles. The molecule has 8 heteroatoms. The van der Waals surface area contributed by atoms with Crippen LogP contribution >= 0.6 is 11.3 Å². The van der Waals surface area contributed by atoms with Crippen molar-refractivity contribution in [3.05, 3.63) is 99.1 Å². The number of fused-ring (bicyclic) bond motifs is 1. The Kier molecular flexibility index (Phi) is 7.21. The van der Waals surface area contributed by atoms with Crippen LogP contribution in [0.25, 0.3) is 10.1 Å². The zero-order valence-electron chi connectivity index (χ0n) is 21.0. The van der Waals surface area contributed by atoms with Crippen LogP contribution < -0.4 is 9.64 Å². The predicted octanol–water partition coefficient (Wildman–Crippen LogP) is 6.28. The van der Waals surface area contributed by atoms with E-state index in [-0.39, 0.29) is 16.4 Å². The fourth-order valence-electron chi connectivity index (χ4n) is 4.76. The number of ketones is 1. The number of likely N-dealkylation sites (tertiary alicyclic amines) is 1. The number of rotatable bonds is 9. The number of nitrogens with zero attached hydrogens (tertiary/aromatic N) is 3. The van der Waals surface area contributed by atoms with E-state index in [1.165, 1.54) is 17.4 Å². The summed E-state index contributed by atoms with van der Waals surface area (Å²) in [6.45, 7) is 2.88. The molecule has 37 heavy (non-hydrogen) atoms. The molecule has 3 aromatic carbocycles. The normalized spacial score (nSPS) is 13.7. The van der Waals surface area contributed by atoms with Crippen LogP contribution in [-0.4, -0.2) is 42.8 Å². The lowest BCUT2D eigenvalue weighted by molar-refractivity contribution is -0.385. The average molecular weight is 516 g/mol. The summed E-state index contributed by atoms with van der Waals surface area (Å²) in [6, 6.07) is 20.6. The van der Waals surface area contributed by atoms with E-state index < -0.39 is 0 Å². The molecule has 190 valence electrons. The molecule has 1 fully saturated rings. The van der Waals surface area contributed by atoms with E-state index in [1.54, 1.807) is 12.1 Å². The molecule has 2 heterocycles. The molecule has 1 saturated heterocycles. The number of ether oxygens (including phenoxy) is 1. The molecule has 0 radical (unpaired) electrons. The Bertz CT molecular complexity index is 1440. The summed E-state index contributed by atoms with van der Waals surface area (Å²) in [5.41, 5.74) is 2.60. The van der Waals surface area contributed by atoms with Gasteiger partial charge in [-0.05, 0) is 49.7 Å². The quantitative estimate of drug-likeness (QED) is 0.148. The number of thiophene rings is 1. The van der Waals surface area contributed by atoms with Crippen LogP contribution in [0.4, 0.5) is 10.7 Å². The monoisotopic (exact) mass is 515 g/mol. The van der Waals surface area contributed by atoms with Gasteiger partial charge >= 0.3 is 0 Å². The molecule has 5 rings (SSSR count). The van der Waals surface area contributed by atoms with Gasteiger partial charge in [-0.25, -0.2) is 0 Å². The zero-order chi connectivity index (χ0) is 25.9. The molecule has 1 aliphatic rings. The van der Waals surface area contributed by atoms with Crippen molar-refractivity contribution < 1.29 is 14.5 Å². The van der Waals surface area contributed by atoms with Gasteiger partial charge < -0.3 is 9.64 Å². The average Bonchev–Trinajstić information content (AvgIpc) is 3.55. The van der Waals surface area contributed by atoms with Gasteiger partial charge in [-0.15, -0.1) is 11.3 Å². The molecule has 0 atom stereocenters. The van der Waals surface area contributed by atoms with Gasteiger partial charge in [0.15, 0.2) is 5.78 Å². The van der Waals surface area contributed by atoms with Gasteiger partial charge in [0, 0.05) is 47.9 Å². The summed E-state index contributed by atoms with van der Waals surface area (Å²) >= 11 is 1.51. The molecule has 0 aliphatic carbocycles. The number of nitro groups is 1. The zero-order valence-corrected chi connectivity index (χ0v) is 21.8. The van der Waals surface area contributed by atoms with Crippen LogP contribution in [0.1, 0.15) is 39.9 Å². The highest BCUT2D eigenvalue weighted by atomic mass is 32.1. The lowest BCUT2D eigenvalue weighted by atomic mass is 9.99. The Morgan fingerprint density at radius 2 is 1.81 bits per heavy atom. The number of hydrogen-bond donors (Lipinski definition) is 0. The topological polar surface area (TPSA) is 75.9 Å². The largest absolute Gasteiger partial charge is 0.489 e. The van der Waals surface area contributed by atoms with E-state index in [1.807, 2.05) is 67.5 Å². The SMILES string of the molecule is CN(C)c1sc2cc(OCc3ccccc3)ccc2c1C(=O)c1ccc(CN2CCCC2)c([N+](=O)[O-])c1. The lowest BCUT2D eigenvalue weighted by Crippen LogP contribution is -2.19. The summed E-state index contributed by atoms with van der Waals surface area (Å²) in [7, 11) is 3.80. The van der Waals surface area contributed by atoms with Crippen molar-refractivity contribution in [1.29, 1.82) is 0 Å². The number of carbonyl (C=O) groups excluding carboxylic acids is 1. The fourth-order valence-corrected chi connectivity index (χ4v) is 5.91. The van der Waals surface area contributed by atoms with Crippen LogP contribution in [0.5, 0.6) is 5.75 Å². The van der Waals surface area contributed by atoms with E-state index in [0.29, 0.717) is 29.8 Å². The fraction of sp³-hybridized carbons (Fsp3) is 0.276. The molecule has 7 nitrogen and oxygen atoms in total. The van der Waals surface area contributed by atoms with E-state index in [2.05, 4.69) is 4.90 Å². The van der Waals surface area contributed by atoms with Crippen molar-refractivity contribution in [1.82, 2.24) is 4.90 Å². The van der Waals surface area contributed by atoms with Crippen LogP contribution in [-0.2, 0) is 13.2 Å². The number of anilines is 1. The minimum Gasteiger partial charge on any atom is -0.489 e. The molecule has 0 saturated carbocycles. The standard InChI is InChI=1S/C29H29N3O4S/c1-30(2)29-27(24-13-12-23(17-26(24)37-29)36-19-20-8-4-3-5-9-20)28(33)21-10-11-22(25(16-21)32(34)35)18-31-14-6-7-15-31/h3-5,8-13,16-17H,6-7,14-15,18-19H2,1-2H3. The van der Waals surface area contributed by atoms with Gasteiger partial charge in [-0.1, -0.05) is 42.5 Å². The van der Waals surface area contributed by atoms with Gasteiger partial charge in [-0.3, -0.25) is 19.8 Å². The number of nitro benzene ring substituents is 1. The first-order chi connectivity index (χ1) is 17.9. The maximum atomic E-state index is 13.8. The second-order valence-electron chi connectivity index (χ2n) is 9.52.